The number of nitrogens with one attached hydrogen (secondary N) is 1. The van der Waals surface area contributed by atoms with Gasteiger partial charge in [0.2, 0.25) is 5.95 Å². The largest absolute Gasteiger partial charge is 0.392 e. The number of carbonyl (C=O) groups is 1. The highest BCUT2D eigenvalue weighted by Crippen LogP contribution is 2.42. The number of rotatable bonds is 8. The van der Waals surface area contributed by atoms with Gasteiger partial charge in [-0.3, -0.25) is 9.69 Å². The normalized spacial score (nSPS) is 22.7. The van der Waals surface area contributed by atoms with E-state index >= 15 is 0 Å². The van der Waals surface area contributed by atoms with E-state index < -0.39 is 6.29 Å². The summed E-state index contributed by atoms with van der Waals surface area (Å²) in [4.78, 5) is 26.3. The average Bonchev–Trinajstić information content (AvgIpc) is 3.07. The van der Waals surface area contributed by atoms with Gasteiger partial charge < -0.3 is 24.8 Å². The standard InChI is InChI=1S/C34H37N5O4/c1-24-30(22-38-17-19-39(20-18-38)34-35-15-6-16-36-34)42-33(43-31(24)26-13-11-25(23-40)12-14-26)28-9-5-10-29(21-28)37-32(41)27-7-3-2-4-8-27/h2-16,21,24,30-31,33,40H,17-20,22-23H2,1H3,(H,37,41)/t24-,30+,31+,33+/m1/s1. The molecule has 0 saturated carbocycles. The van der Waals surface area contributed by atoms with E-state index in [1.165, 1.54) is 0 Å². The van der Waals surface area contributed by atoms with E-state index in [2.05, 4.69) is 32.0 Å². The van der Waals surface area contributed by atoms with E-state index in [0.717, 1.165) is 55.4 Å². The van der Waals surface area contributed by atoms with Crippen molar-refractivity contribution in [2.24, 2.45) is 5.92 Å². The van der Waals surface area contributed by atoms with Crippen molar-refractivity contribution in [1.29, 1.82) is 0 Å². The molecule has 43 heavy (non-hydrogen) atoms. The van der Waals surface area contributed by atoms with Gasteiger partial charge in [-0.05, 0) is 41.5 Å². The highest BCUT2D eigenvalue weighted by atomic mass is 16.7. The third kappa shape index (κ3) is 6.92. The number of ether oxygens (including phenoxy) is 2. The molecule has 1 amide bonds. The first kappa shape index (κ1) is 28.9. The van der Waals surface area contributed by atoms with Crippen molar-refractivity contribution < 1.29 is 19.4 Å². The summed E-state index contributed by atoms with van der Waals surface area (Å²) in [6.07, 6.45) is 2.64. The van der Waals surface area contributed by atoms with E-state index in [4.69, 9.17) is 9.47 Å². The summed E-state index contributed by atoms with van der Waals surface area (Å²) >= 11 is 0. The predicted octanol–water partition coefficient (Wildman–Crippen LogP) is 4.83. The maximum absolute atomic E-state index is 12.8. The second-order valence-electron chi connectivity index (χ2n) is 11.1. The Bertz CT molecular complexity index is 1480. The van der Waals surface area contributed by atoms with Gasteiger partial charge in [-0.2, -0.15) is 0 Å². The number of aliphatic hydroxyl groups excluding tert-OH is 1. The third-order valence-corrected chi connectivity index (χ3v) is 8.22. The van der Waals surface area contributed by atoms with E-state index in [0.29, 0.717) is 11.3 Å². The number of hydrogen-bond donors (Lipinski definition) is 2. The smallest absolute Gasteiger partial charge is 0.255 e. The minimum absolute atomic E-state index is 0.00277. The van der Waals surface area contributed by atoms with Crippen LogP contribution in [-0.2, 0) is 16.1 Å². The first-order chi connectivity index (χ1) is 21.1. The molecule has 0 radical (unpaired) electrons. The van der Waals surface area contributed by atoms with E-state index in [1.54, 1.807) is 24.5 Å². The molecule has 9 heteroatoms. The SMILES string of the molecule is C[C@@H]1[C@H](CN2CCN(c3ncccn3)CC2)O[C@H](c2cccc(NC(=O)c3ccccc3)c2)O[C@@H]1c1ccc(CO)cc1. The molecule has 3 heterocycles. The number of amides is 1. The maximum Gasteiger partial charge on any atom is 0.255 e. The molecule has 4 aromatic rings. The molecule has 222 valence electrons. The quantitative estimate of drug-likeness (QED) is 0.306. The molecule has 0 spiro atoms. The summed E-state index contributed by atoms with van der Waals surface area (Å²) in [5.41, 5.74) is 4.01. The van der Waals surface area contributed by atoms with Gasteiger partial charge in [-0.1, -0.05) is 61.5 Å². The Hall–Kier alpha value is -4.15. The van der Waals surface area contributed by atoms with Gasteiger partial charge in [0.25, 0.3) is 5.91 Å². The summed E-state index contributed by atoms with van der Waals surface area (Å²) in [6.45, 7) is 6.40. The lowest BCUT2D eigenvalue weighted by molar-refractivity contribution is -0.276. The molecule has 2 aliphatic heterocycles. The number of aliphatic hydroxyl groups is 1. The zero-order valence-corrected chi connectivity index (χ0v) is 24.3. The summed E-state index contributed by atoms with van der Waals surface area (Å²) in [7, 11) is 0. The molecule has 9 nitrogen and oxygen atoms in total. The van der Waals surface area contributed by atoms with Crippen LogP contribution in [0.2, 0.25) is 0 Å². The Morgan fingerprint density at radius 2 is 1.63 bits per heavy atom. The van der Waals surface area contributed by atoms with Crippen LogP contribution in [0, 0.1) is 5.92 Å². The van der Waals surface area contributed by atoms with Crippen LogP contribution in [0.3, 0.4) is 0 Å². The monoisotopic (exact) mass is 579 g/mol. The first-order valence-electron chi connectivity index (χ1n) is 14.8. The Morgan fingerprint density at radius 3 is 2.35 bits per heavy atom. The van der Waals surface area contributed by atoms with E-state index in [9.17, 15) is 9.90 Å². The van der Waals surface area contributed by atoms with Crippen LogP contribution >= 0.6 is 0 Å². The Labute approximate surface area is 252 Å². The summed E-state index contributed by atoms with van der Waals surface area (Å²) in [5.74, 6) is 0.674. The number of piperazine rings is 1. The van der Waals surface area contributed by atoms with Gasteiger partial charge in [-0.15, -0.1) is 0 Å². The number of aromatic nitrogens is 2. The molecular formula is C34H37N5O4. The summed E-state index contributed by atoms with van der Waals surface area (Å²) in [5, 5.41) is 12.6. The Kier molecular flexibility index (Phi) is 9.04. The fourth-order valence-corrected chi connectivity index (χ4v) is 5.72. The Morgan fingerprint density at radius 1 is 0.884 bits per heavy atom. The van der Waals surface area contributed by atoms with Crippen LogP contribution in [0.4, 0.5) is 11.6 Å². The average molecular weight is 580 g/mol. The topological polar surface area (TPSA) is 100 Å². The molecule has 0 aliphatic carbocycles. The van der Waals surface area contributed by atoms with Crippen LogP contribution in [0.5, 0.6) is 0 Å². The molecule has 4 atom stereocenters. The van der Waals surface area contributed by atoms with Gasteiger partial charge in [0.1, 0.15) is 0 Å². The minimum Gasteiger partial charge on any atom is -0.392 e. The molecule has 0 unspecified atom stereocenters. The second-order valence-corrected chi connectivity index (χ2v) is 11.1. The van der Waals surface area contributed by atoms with Gasteiger partial charge in [0.15, 0.2) is 6.29 Å². The predicted molar refractivity (Wildman–Crippen MR) is 164 cm³/mol. The molecule has 2 aliphatic rings. The highest BCUT2D eigenvalue weighted by molar-refractivity contribution is 6.04. The van der Waals surface area contributed by atoms with E-state index in [1.807, 2.05) is 72.8 Å². The molecule has 6 rings (SSSR count). The molecular weight excluding hydrogens is 542 g/mol. The van der Waals surface area contributed by atoms with Crippen molar-refractivity contribution in [2.75, 3.05) is 42.9 Å². The van der Waals surface area contributed by atoms with Crippen molar-refractivity contribution in [2.45, 2.75) is 32.0 Å². The number of hydrogen-bond acceptors (Lipinski definition) is 8. The summed E-state index contributed by atoms with van der Waals surface area (Å²) in [6, 6.07) is 26.6. The van der Waals surface area contributed by atoms with Gasteiger partial charge in [-0.25, -0.2) is 9.97 Å². The minimum atomic E-state index is -0.615. The lowest BCUT2D eigenvalue weighted by Gasteiger charge is -2.44. The van der Waals surface area contributed by atoms with Gasteiger partial charge >= 0.3 is 0 Å². The van der Waals surface area contributed by atoms with Gasteiger partial charge in [0, 0.05) is 67.8 Å². The maximum atomic E-state index is 12.8. The van der Waals surface area contributed by atoms with Crippen LogP contribution in [0.1, 0.15) is 46.4 Å². The van der Waals surface area contributed by atoms with Crippen LogP contribution in [0.15, 0.2) is 97.3 Å². The fraction of sp³-hybridized carbons (Fsp3) is 0.324. The number of nitrogens with zero attached hydrogens (tertiary/aromatic N) is 4. The summed E-state index contributed by atoms with van der Waals surface area (Å²) < 4.78 is 13.3. The Balaban J connectivity index is 1.20. The van der Waals surface area contributed by atoms with Crippen molar-refractivity contribution in [3.63, 3.8) is 0 Å². The van der Waals surface area contributed by atoms with Crippen LogP contribution < -0.4 is 10.2 Å². The lowest BCUT2D eigenvalue weighted by Crippen LogP contribution is -2.51. The highest BCUT2D eigenvalue weighted by Gasteiger charge is 2.39. The fourth-order valence-electron chi connectivity index (χ4n) is 5.72. The zero-order valence-electron chi connectivity index (χ0n) is 24.3. The molecule has 0 bridgehead atoms. The molecule has 2 saturated heterocycles. The number of benzene rings is 3. The first-order valence-corrected chi connectivity index (χ1v) is 14.8. The zero-order chi connectivity index (χ0) is 29.6. The van der Waals surface area contributed by atoms with Crippen LogP contribution in [-0.4, -0.2) is 64.7 Å². The van der Waals surface area contributed by atoms with E-state index in [-0.39, 0.29) is 30.6 Å². The molecule has 1 aromatic heterocycles. The van der Waals surface area contributed by atoms with Crippen molar-refractivity contribution >= 4 is 17.5 Å². The van der Waals surface area contributed by atoms with Crippen molar-refractivity contribution in [3.8, 4) is 0 Å². The van der Waals surface area contributed by atoms with Gasteiger partial charge in [0.05, 0.1) is 18.8 Å². The third-order valence-electron chi connectivity index (χ3n) is 8.22. The van der Waals surface area contributed by atoms with Crippen molar-refractivity contribution in [3.05, 3.63) is 120 Å². The van der Waals surface area contributed by atoms with Crippen LogP contribution in [0.25, 0.3) is 0 Å². The molecule has 2 N–H and O–H groups in total. The lowest BCUT2D eigenvalue weighted by atomic mass is 9.90. The molecule has 2 fully saturated rings. The number of carbonyl (C=O) groups excluding carboxylic acids is 1. The molecule has 3 aromatic carbocycles. The van der Waals surface area contributed by atoms with Crippen molar-refractivity contribution in [1.82, 2.24) is 14.9 Å². The number of anilines is 2. The second kappa shape index (κ2) is 13.4.